The van der Waals surface area contributed by atoms with Crippen molar-refractivity contribution in [3.63, 3.8) is 0 Å². The molecule has 0 spiro atoms. The molecule has 2 rings (SSSR count). The third-order valence-electron chi connectivity index (χ3n) is 7.11. The van der Waals surface area contributed by atoms with Crippen LogP contribution >= 0.6 is 0 Å². The highest BCUT2D eigenvalue weighted by atomic mass is 16.6. The molecular weight excluding hydrogens is 431 g/mol. The Labute approximate surface area is 209 Å². The van der Waals surface area contributed by atoms with Crippen molar-refractivity contribution in [3.05, 3.63) is 0 Å². The maximum absolute atomic E-state index is 13.0. The van der Waals surface area contributed by atoms with E-state index in [2.05, 4.69) is 0 Å². The predicted molar refractivity (Wildman–Crippen MR) is 130 cm³/mol. The van der Waals surface area contributed by atoms with Gasteiger partial charge in [-0.15, -0.1) is 0 Å². The van der Waals surface area contributed by atoms with Crippen molar-refractivity contribution >= 4 is 43.3 Å². The number of nitrogens with zero attached hydrogens (tertiary/aromatic N) is 2. The highest BCUT2D eigenvalue weighted by molar-refractivity contribution is 6.66. The number of piperidine rings is 2. The van der Waals surface area contributed by atoms with Crippen LogP contribution in [0.4, 0.5) is 0 Å². The highest BCUT2D eigenvalue weighted by Gasteiger charge is 2.53. The Kier molecular flexibility index (Phi) is 7.62. The quantitative estimate of drug-likeness (QED) is 0.466. The van der Waals surface area contributed by atoms with Gasteiger partial charge in [0.05, 0.1) is 31.4 Å². The monoisotopic (exact) mass is 468 g/mol. The summed E-state index contributed by atoms with van der Waals surface area (Å²) in [6, 6.07) is 0. The van der Waals surface area contributed by atoms with Gasteiger partial charge in [-0.05, 0) is 65.8 Å². The molecule has 2 aliphatic heterocycles. The maximum Gasteiger partial charge on any atom is 0.294 e. The summed E-state index contributed by atoms with van der Waals surface area (Å²) < 4.78 is 11.1. The van der Waals surface area contributed by atoms with Crippen molar-refractivity contribution in [1.29, 1.82) is 0 Å². The lowest BCUT2D eigenvalue weighted by atomic mass is 9.29. The van der Waals surface area contributed by atoms with Gasteiger partial charge in [-0.2, -0.15) is 10.1 Å². The summed E-state index contributed by atoms with van der Waals surface area (Å²) in [5.74, 6) is -2.30. The fraction of sp³-hybridized carbons (Fsp3) is 0.909. The summed E-state index contributed by atoms with van der Waals surface area (Å²) in [5, 5.41) is 18.2. The molecule has 2 aliphatic rings. The zero-order valence-electron chi connectivity index (χ0n) is 21.7. The van der Waals surface area contributed by atoms with Crippen molar-refractivity contribution in [2.45, 2.75) is 126 Å². The van der Waals surface area contributed by atoms with E-state index in [9.17, 15) is 20.0 Å². The van der Waals surface area contributed by atoms with Gasteiger partial charge in [-0.3, -0.25) is 9.59 Å². The summed E-state index contributed by atoms with van der Waals surface area (Å²) in [6.45, 7) is 14.5. The second-order valence-corrected chi connectivity index (χ2v) is 12.5. The third kappa shape index (κ3) is 5.40. The molecule has 0 saturated carbocycles. The SMILES string of the molecule is [B]C([B])(C(=O)OC1CC(C)(C)N(O)C(C)(C)C1)C([B])([B])C(=O)OC1CC(C)(C)N(O)C(C)(C)C1. The lowest BCUT2D eigenvalue weighted by molar-refractivity contribution is -0.260. The molecule has 182 valence electrons. The molecule has 0 atom stereocenters. The van der Waals surface area contributed by atoms with Crippen LogP contribution in [0.2, 0.25) is 10.4 Å². The van der Waals surface area contributed by atoms with Crippen molar-refractivity contribution in [2.24, 2.45) is 0 Å². The molecule has 0 aromatic carbocycles. The minimum absolute atomic E-state index is 0.297. The second kappa shape index (κ2) is 8.86. The molecule has 2 fully saturated rings. The first kappa shape index (κ1) is 29.3. The first-order valence-corrected chi connectivity index (χ1v) is 11.5. The number of esters is 2. The summed E-state index contributed by atoms with van der Waals surface area (Å²) in [7, 11) is 24.0. The molecule has 0 amide bonds. The van der Waals surface area contributed by atoms with Crippen molar-refractivity contribution in [3.8, 4) is 0 Å². The highest BCUT2D eigenvalue weighted by Crippen LogP contribution is 2.47. The Morgan fingerprint density at radius 2 is 0.853 bits per heavy atom. The number of hydrogen-bond donors (Lipinski definition) is 2. The van der Waals surface area contributed by atoms with Crippen LogP contribution in [-0.4, -0.2) is 98.2 Å². The predicted octanol–water partition coefficient (Wildman–Crippen LogP) is 1.80. The molecule has 34 heavy (non-hydrogen) atoms. The van der Waals surface area contributed by atoms with E-state index in [1.165, 1.54) is 10.1 Å². The molecule has 2 heterocycles. The summed E-state index contributed by atoms with van der Waals surface area (Å²) in [6.07, 6.45) is -0.100. The largest absolute Gasteiger partial charge is 0.463 e. The molecule has 0 aromatic heterocycles. The molecule has 0 aliphatic carbocycles. The molecule has 0 unspecified atom stereocenters. The van der Waals surface area contributed by atoms with Gasteiger partial charge in [0.2, 0.25) is 0 Å². The molecule has 2 N–H and O–H groups in total. The van der Waals surface area contributed by atoms with Gasteiger partial charge < -0.3 is 19.9 Å². The third-order valence-corrected chi connectivity index (χ3v) is 7.11. The van der Waals surface area contributed by atoms with E-state index in [-0.39, 0.29) is 0 Å². The summed E-state index contributed by atoms with van der Waals surface area (Å²) in [4.78, 5) is 25.9. The number of carbonyl (C=O) groups excluding carboxylic acids is 2. The van der Waals surface area contributed by atoms with Gasteiger partial charge in [0.1, 0.15) is 12.2 Å². The van der Waals surface area contributed by atoms with Gasteiger partial charge in [-0.25, -0.2) is 0 Å². The van der Waals surface area contributed by atoms with E-state index in [4.69, 9.17) is 40.9 Å². The first-order chi connectivity index (χ1) is 15.0. The molecule has 8 radical (unpaired) electrons. The maximum atomic E-state index is 13.0. The Hall–Kier alpha value is -0.960. The van der Waals surface area contributed by atoms with Crippen LogP contribution in [0.15, 0.2) is 0 Å². The first-order valence-electron chi connectivity index (χ1n) is 11.5. The van der Waals surface area contributed by atoms with E-state index < -0.39 is 56.7 Å². The van der Waals surface area contributed by atoms with Crippen LogP contribution in [0.3, 0.4) is 0 Å². The smallest absolute Gasteiger partial charge is 0.294 e. The van der Waals surface area contributed by atoms with Gasteiger partial charge >= 0.3 is 0 Å². The number of hydroxylamine groups is 4. The van der Waals surface area contributed by atoms with E-state index in [1.807, 2.05) is 0 Å². The van der Waals surface area contributed by atoms with Gasteiger partial charge in [0.25, 0.3) is 11.9 Å². The van der Waals surface area contributed by atoms with E-state index >= 15 is 0 Å². The number of ether oxygens (including phenoxy) is 2. The Morgan fingerprint density at radius 1 is 0.647 bits per heavy atom. The van der Waals surface area contributed by atoms with Crippen LogP contribution in [0.25, 0.3) is 0 Å². The van der Waals surface area contributed by atoms with Crippen LogP contribution < -0.4 is 0 Å². The fourth-order valence-corrected chi connectivity index (χ4v) is 5.36. The standard InChI is InChI=1S/C22H36B4N2O6/c1-17(2)9-13(10-18(3,4)27(17)31)33-15(29)21(23,24)22(25,26)16(30)34-14-11-19(5,6)28(32)20(7,8)12-14/h13-14,31-32H,9-12H2,1-8H3. The lowest BCUT2D eigenvalue weighted by Gasteiger charge is -2.52. The van der Waals surface area contributed by atoms with Gasteiger partial charge in [0, 0.05) is 47.8 Å². The summed E-state index contributed by atoms with van der Waals surface area (Å²) >= 11 is 0. The van der Waals surface area contributed by atoms with E-state index in [0.717, 1.165) is 0 Å². The lowest BCUT2D eigenvalue weighted by Crippen LogP contribution is -2.61. The second-order valence-electron chi connectivity index (χ2n) is 12.5. The Bertz CT molecular complexity index is 713. The topological polar surface area (TPSA) is 99.5 Å². The molecule has 12 heteroatoms. The zero-order chi connectivity index (χ0) is 26.7. The van der Waals surface area contributed by atoms with Crippen molar-refractivity contribution in [1.82, 2.24) is 10.1 Å². The number of hydrogen-bond acceptors (Lipinski definition) is 8. The van der Waals surface area contributed by atoms with Crippen LogP contribution in [-0.2, 0) is 19.1 Å². The normalized spacial score (nSPS) is 26.1. The zero-order valence-corrected chi connectivity index (χ0v) is 21.7. The van der Waals surface area contributed by atoms with E-state index in [1.54, 1.807) is 55.4 Å². The average molecular weight is 468 g/mol. The van der Waals surface area contributed by atoms with Crippen molar-refractivity contribution < 1.29 is 29.5 Å². The Balaban J connectivity index is 2.15. The molecule has 8 nitrogen and oxygen atoms in total. The van der Waals surface area contributed by atoms with Gasteiger partial charge in [-0.1, -0.05) is 0 Å². The minimum Gasteiger partial charge on any atom is -0.463 e. The summed E-state index contributed by atoms with van der Waals surface area (Å²) in [5.41, 5.74) is -2.77. The Morgan fingerprint density at radius 3 is 1.06 bits per heavy atom. The minimum atomic E-state index is -2.59. The fourth-order valence-electron chi connectivity index (χ4n) is 5.36. The average Bonchev–Trinajstić information content (AvgIpc) is 2.62. The number of rotatable bonds is 5. The molecule has 0 bridgehead atoms. The number of carbonyl (C=O) groups is 2. The van der Waals surface area contributed by atoms with Crippen molar-refractivity contribution in [2.75, 3.05) is 0 Å². The van der Waals surface area contributed by atoms with Crippen LogP contribution in [0, 0.1) is 0 Å². The van der Waals surface area contributed by atoms with Crippen LogP contribution in [0.5, 0.6) is 0 Å². The van der Waals surface area contributed by atoms with Crippen LogP contribution in [0.1, 0.15) is 81.1 Å². The molecule has 2 saturated heterocycles. The van der Waals surface area contributed by atoms with E-state index in [0.29, 0.717) is 25.7 Å². The van der Waals surface area contributed by atoms with Gasteiger partial charge in [0.15, 0.2) is 0 Å². The molecular formula is C22H36B4N2O6. The molecule has 0 aromatic rings.